The highest BCUT2D eigenvalue weighted by molar-refractivity contribution is 6.09. The summed E-state index contributed by atoms with van der Waals surface area (Å²) >= 11 is 0. The second kappa shape index (κ2) is 7.86. The van der Waals surface area contributed by atoms with E-state index in [0.717, 1.165) is 36.7 Å². The summed E-state index contributed by atoms with van der Waals surface area (Å²) in [4.78, 5) is 16.1. The zero-order valence-electron chi connectivity index (χ0n) is 19.2. The van der Waals surface area contributed by atoms with E-state index in [1.165, 1.54) is 0 Å². The molecule has 5 nitrogen and oxygen atoms in total. The van der Waals surface area contributed by atoms with Crippen molar-refractivity contribution in [2.45, 2.75) is 45.6 Å². The fourth-order valence-electron chi connectivity index (χ4n) is 5.28. The topological polar surface area (TPSA) is 48.0 Å². The van der Waals surface area contributed by atoms with Gasteiger partial charge in [-0.15, -0.1) is 0 Å². The van der Waals surface area contributed by atoms with Crippen LogP contribution in [0.25, 0.3) is 0 Å². The van der Waals surface area contributed by atoms with Gasteiger partial charge in [-0.25, -0.2) is 0 Å². The van der Waals surface area contributed by atoms with Crippen LogP contribution in [0.5, 0.6) is 5.75 Å². The summed E-state index contributed by atoms with van der Waals surface area (Å²) in [6.07, 6.45) is 9.49. The Bertz CT molecular complexity index is 956. The molecule has 0 saturated carbocycles. The summed E-state index contributed by atoms with van der Waals surface area (Å²) in [5, 5.41) is 0. The maximum absolute atomic E-state index is 13.8. The van der Waals surface area contributed by atoms with Crippen molar-refractivity contribution >= 4 is 5.78 Å². The van der Waals surface area contributed by atoms with Gasteiger partial charge in [-0.1, -0.05) is 27.7 Å². The molecule has 0 fully saturated rings. The van der Waals surface area contributed by atoms with Crippen LogP contribution in [-0.4, -0.2) is 49.1 Å². The Morgan fingerprint density at radius 2 is 1.84 bits per heavy atom. The molecule has 1 aromatic carbocycles. The second-order valence-electron chi connectivity index (χ2n) is 8.88. The van der Waals surface area contributed by atoms with Crippen molar-refractivity contribution in [3.8, 4) is 5.75 Å². The number of hydrogen-bond acceptors (Lipinski definition) is 5. The minimum Gasteiger partial charge on any atom is -0.494 e. The highest BCUT2D eigenvalue weighted by Gasteiger charge is 2.68. The smallest absolute Gasteiger partial charge is 0.211 e. The van der Waals surface area contributed by atoms with Crippen LogP contribution < -0.4 is 4.74 Å². The normalized spacial score (nSPS) is 27.3. The first-order valence-corrected chi connectivity index (χ1v) is 11.3. The van der Waals surface area contributed by atoms with E-state index in [2.05, 4.69) is 38.7 Å². The third kappa shape index (κ3) is 3.05. The van der Waals surface area contributed by atoms with E-state index in [4.69, 9.17) is 14.2 Å². The van der Waals surface area contributed by atoms with E-state index in [0.29, 0.717) is 18.8 Å². The molecule has 1 aromatic rings. The molecule has 2 unspecified atom stereocenters. The minimum absolute atomic E-state index is 0.0236. The molecule has 0 amide bonds. The molecule has 3 aliphatic rings. The molecule has 31 heavy (non-hydrogen) atoms. The first-order valence-electron chi connectivity index (χ1n) is 11.3. The molecule has 0 N–H and O–H groups in total. The zero-order chi connectivity index (χ0) is 22.3. The van der Waals surface area contributed by atoms with Crippen LogP contribution in [0.15, 0.2) is 54.5 Å². The summed E-state index contributed by atoms with van der Waals surface area (Å²) in [5.41, 5.74) is -0.489. The van der Waals surface area contributed by atoms with Gasteiger partial charge in [-0.3, -0.25) is 4.79 Å². The SMILES string of the molecule is CCOC1=CC23C=COC2(C=C1)C(=O)c1ccc(OCCN(CC)CC)cc1C3(C)C. The molecule has 0 spiro atoms. The number of hydrogen-bond donors (Lipinski definition) is 0. The predicted molar refractivity (Wildman–Crippen MR) is 121 cm³/mol. The first-order chi connectivity index (χ1) is 14.8. The lowest BCUT2D eigenvalue weighted by molar-refractivity contribution is -0.00839. The lowest BCUT2D eigenvalue weighted by Gasteiger charge is -2.54. The van der Waals surface area contributed by atoms with E-state index in [9.17, 15) is 4.79 Å². The maximum atomic E-state index is 13.8. The van der Waals surface area contributed by atoms with E-state index in [-0.39, 0.29) is 5.78 Å². The lowest BCUT2D eigenvalue weighted by atomic mass is 9.48. The molecule has 0 bridgehead atoms. The van der Waals surface area contributed by atoms with Crippen molar-refractivity contribution in [2.75, 3.05) is 32.8 Å². The number of carbonyl (C=O) groups excluding carboxylic acids is 1. The van der Waals surface area contributed by atoms with Gasteiger partial charge >= 0.3 is 0 Å². The van der Waals surface area contributed by atoms with Gasteiger partial charge in [-0.2, -0.15) is 0 Å². The van der Waals surface area contributed by atoms with Crippen LogP contribution in [0.4, 0.5) is 0 Å². The lowest BCUT2D eigenvalue weighted by Crippen LogP contribution is -2.62. The van der Waals surface area contributed by atoms with Crippen molar-refractivity contribution in [1.29, 1.82) is 0 Å². The Hall–Kier alpha value is -2.53. The van der Waals surface area contributed by atoms with Crippen LogP contribution in [0.3, 0.4) is 0 Å². The molecule has 4 rings (SSSR count). The van der Waals surface area contributed by atoms with Gasteiger partial charge in [0, 0.05) is 17.5 Å². The van der Waals surface area contributed by atoms with E-state index < -0.39 is 16.4 Å². The van der Waals surface area contributed by atoms with Gasteiger partial charge in [-0.05, 0) is 68.1 Å². The Morgan fingerprint density at radius 1 is 1.06 bits per heavy atom. The number of benzene rings is 1. The number of carbonyl (C=O) groups is 1. The molecule has 166 valence electrons. The van der Waals surface area contributed by atoms with Crippen molar-refractivity contribution in [3.05, 3.63) is 65.7 Å². The summed E-state index contributed by atoms with van der Waals surface area (Å²) in [6.45, 7) is 14.7. The van der Waals surface area contributed by atoms with Crippen molar-refractivity contribution < 1.29 is 19.0 Å². The van der Waals surface area contributed by atoms with Gasteiger partial charge in [0.05, 0.1) is 18.3 Å². The third-order valence-corrected chi connectivity index (χ3v) is 7.21. The van der Waals surface area contributed by atoms with Crippen LogP contribution >= 0.6 is 0 Å². The van der Waals surface area contributed by atoms with Crippen LogP contribution in [-0.2, 0) is 14.9 Å². The Morgan fingerprint density at radius 3 is 2.55 bits per heavy atom. The molecule has 2 aliphatic carbocycles. The number of ether oxygens (including phenoxy) is 3. The highest BCUT2D eigenvalue weighted by Crippen LogP contribution is 2.62. The fourth-order valence-corrected chi connectivity index (χ4v) is 5.28. The van der Waals surface area contributed by atoms with Crippen LogP contribution in [0.1, 0.15) is 50.5 Å². The molecule has 5 heteroatoms. The largest absolute Gasteiger partial charge is 0.494 e. The number of nitrogens with zero attached hydrogens (tertiary/aromatic N) is 1. The Kier molecular flexibility index (Phi) is 5.50. The van der Waals surface area contributed by atoms with Gasteiger partial charge in [0.25, 0.3) is 0 Å². The highest BCUT2D eigenvalue weighted by atomic mass is 16.5. The molecule has 0 aromatic heterocycles. The standard InChI is InChI=1S/C26H33NO4/c1-6-27(7-2)14-16-30-19-9-10-21-22(17-19)24(4,5)25-13-15-31-26(25,23(21)28)12-11-20(18-25)29-8-3/h9-13,15,17-18H,6-8,14,16H2,1-5H3. The summed E-state index contributed by atoms with van der Waals surface area (Å²) < 4.78 is 18.0. The van der Waals surface area contributed by atoms with E-state index in [1.54, 1.807) is 6.26 Å². The average Bonchev–Trinajstić information content (AvgIpc) is 3.18. The third-order valence-electron chi connectivity index (χ3n) is 7.21. The molecular formula is C26H33NO4. The molecule has 0 saturated heterocycles. The van der Waals surface area contributed by atoms with E-state index in [1.807, 2.05) is 43.4 Å². The zero-order valence-corrected chi connectivity index (χ0v) is 19.2. The first kappa shape index (κ1) is 21.7. The van der Waals surface area contributed by atoms with Crippen molar-refractivity contribution in [2.24, 2.45) is 5.41 Å². The maximum Gasteiger partial charge on any atom is 0.211 e. The fraction of sp³-hybridized carbons (Fsp3) is 0.500. The monoisotopic (exact) mass is 423 g/mol. The number of Topliss-reactive ketones (excluding diaryl/α,β-unsaturated/α-hetero) is 1. The summed E-state index contributed by atoms with van der Waals surface area (Å²) in [7, 11) is 0. The van der Waals surface area contributed by atoms with Gasteiger partial charge in [0.1, 0.15) is 18.1 Å². The quantitative estimate of drug-likeness (QED) is 0.610. The van der Waals surface area contributed by atoms with Gasteiger partial charge in [0.2, 0.25) is 11.4 Å². The molecular weight excluding hydrogens is 390 g/mol. The molecule has 1 heterocycles. The molecule has 1 aliphatic heterocycles. The second-order valence-corrected chi connectivity index (χ2v) is 8.88. The molecule has 2 atom stereocenters. The minimum atomic E-state index is -1.07. The van der Waals surface area contributed by atoms with Gasteiger partial charge < -0.3 is 19.1 Å². The van der Waals surface area contributed by atoms with Gasteiger partial charge in [0.15, 0.2) is 0 Å². The number of fused-ring (bicyclic) bond motifs is 1. The Balaban J connectivity index is 1.73. The summed E-state index contributed by atoms with van der Waals surface area (Å²) in [6, 6.07) is 5.82. The number of allylic oxidation sites excluding steroid dienone is 1. The predicted octanol–water partition coefficient (Wildman–Crippen LogP) is 4.64. The van der Waals surface area contributed by atoms with E-state index >= 15 is 0 Å². The van der Waals surface area contributed by atoms with Crippen LogP contribution in [0, 0.1) is 5.41 Å². The average molecular weight is 424 g/mol. The van der Waals surface area contributed by atoms with Crippen molar-refractivity contribution in [3.63, 3.8) is 0 Å². The Labute approximate surface area is 185 Å². The van der Waals surface area contributed by atoms with Crippen LogP contribution in [0.2, 0.25) is 0 Å². The number of rotatable bonds is 8. The number of likely N-dealkylation sites (N-methyl/N-ethyl adjacent to an activating group) is 1. The van der Waals surface area contributed by atoms with Crippen molar-refractivity contribution in [1.82, 2.24) is 4.90 Å². The number of ketones is 1. The molecule has 0 radical (unpaired) electrons. The summed E-state index contributed by atoms with van der Waals surface area (Å²) in [5.74, 6) is 1.53.